The lowest BCUT2D eigenvalue weighted by atomic mass is 10.1. The van der Waals surface area contributed by atoms with E-state index < -0.39 is 0 Å². The van der Waals surface area contributed by atoms with Crippen LogP contribution in [0.4, 0.5) is 0 Å². The first-order chi connectivity index (χ1) is 9.35. The van der Waals surface area contributed by atoms with Gasteiger partial charge in [-0.05, 0) is 38.4 Å². The van der Waals surface area contributed by atoms with Crippen molar-refractivity contribution in [2.24, 2.45) is 5.73 Å². The molecular weight excluding hydrogens is 236 g/mol. The molecule has 1 aromatic rings. The van der Waals surface area contributed by atoms with Gasteiger partial charge in [0.15, 0.2) is 0 Å². The van der Waals surface area contributed by atoms with Crippen LogP contribution in [-0.2, 0) is 6.54 Å². The Morgan fingerprint density at radius 2 is 2.00 bits per heavy atom. The van der Waals surface area contributed by atoms with E-state index in [1.54, 1.807) is 7.11 Å². The van der Waals surface area contributed by atoms with Gasteiger partial charge >= 0.3 is 0 Å². The van der Waals surface area contributed by atoms with Crippen LogP contribution in [0.2, 0.25) is 0 Å². The van der Waals surface area contributed by atoms with Crippen molar-refractivity contribution in [2.45, 2.75) is 44.7 Å². The van der Waals surface area contributed by atoms with Gasteiger partial charge < -0.3 is 10.5 Å². The fourth-order valence-corrected chi connectivity index (χ4v) is 3.01. The third-order valence-electron chi connectivity index (χ3n) is 4.06. The fourth-order valence-electron chi connectivity index (χ4n) is 3.01. The number of rotatable bonds is 7. The Bertz CT molecular complexity index is 375. The van der Waals surface area contributed by atoms with E-state index in [9.17, 15) is 0 Å². The number of nitrogens with two attached hydrogens (primary N) is 1. The molecule has 1 aromatic carbocycles. The predicted octanol–water partition coefficient (Wildman–Crippen LogP) is 2.79. The van der Waals surface area contributed by atoms with E-state index in [2.05, 4.69) is 17.0 Å². The zero-order valence-corrected chi connectivity index (χ0v) is 12.0. The van der Waals surface area contributed by atoms with Crippen molar-refractivity contribution in [1.29, 1.82) is 0 Å². The summed E-state index contributed by atoms with van der Waals surface area (Å²) < 4.78 is 5.46. The van der Waals surface area contributed by atoms with Crippen LogP contribution in [0, 0.1) is 0 Å². The summed E-state index contributed by atoms with van der Waals surface area (Å²) >= 11 is 0. The summed E-state index contributed by atoms with van der Waals surface area (Å²) in [5.74, 6) is 0.998. The summed E-state index contributed by atoms with van der Waals surface area (Å²) in [6.07, 6.45) is 6.48. The number of hydrogen-bond acceptors (Lipinski definition) is 3. The standard InChI is InChI=1S/C16H26N2O/c1-19-16-10-5-2-7-14(16)13-18(12-6-11-17)15-8-3-4-9-15/h2,5,7,10,15H,3-4,6,8-9,11-13,17H2,1H3. The molecule has 2 rings (SSSR count). The third-order valence-corrected chi connectivity index (χ3v) is 4.06. The van der Waals surface area contributed by atoms with Crippen LogP contribution in [0.1, 0.15) is 37.7 Å². The Hall–Kier alpha value is -1.06. The summed E-state index contributed by atoms with van der Waals surface area (Å²) in [4.78, 5) is 2.59. The molecule has 0 unspecified atom stereocenters. The number of ether oxygens (including phenoxy) is 1. The summed E-state index contributed by atoms with van der Waals surface area (Å²) in [6.45, 7) is 2.85. The summed E-state index contributed by atoms with van der Waals surface area (Å²) in [5, 5.41) is 0. The van der Waals surface area contributed by atoms with Gasteiger partial charge in [0.2, 0.25) is 0 Å². The SMILES string of the molecule is COc1ccccc1CN(CCCN)C1CCCC1. The Morgan fingerprint density at radius 3 is 2.68 bits per heavy atom. The van der Waals surface area contributed by atoms with Gasteiger partial charge in [0.25, 0.3) is 0 Å². The minimum absolute atomic E-state index is 0.733. The highest BCUT2D eigenvalue weighted by atomic mass is 16.5. The molecule has 0 saturated heterocycles. The largest absolute Gasteiger partial charge is 0.496 e. The van der Waals surface area contributed by atoms with Crippen molar-refractivity contribution < 1.29 is 4.74 Å². The second kappa shape index (κ2) is 7.51. The molecule has 3 nitrogen and oxygen atoms in total. The molecule has 0 spiro atoms. The third kappa shape index (κ3) is 3.95. The maximum Gasteiger partial charge on any atom is 0.123 e. The first-order valence-corrected chi connectivity index (χ1v) is 7.41. The van der Waals surface area contributed by atoms with Crippen molar-refractivity contribution in [3.63, 3.8) is 0 Å². The Kier molecular flexibility index (Phi) is 5.67. The van der Waals surface area contributed by atoms with Gasteiger partial charge in [-0.3, -0.25) is 4.90 Å². The van der Waals surface area contributed by atoms with Crippen LogP contribution in [0.15, 0.2) is 24.3 Å². The molecule has 106 valence electrons. The van der Waals surface area contributed by atoms with E-state index >= 15 is 0 Å². The lowest BCUT2D eigenvalue weighted by molar-refractivity contribution is 0.186. The minimum atomic E-state index is 0.733. The molecule has 19 heavy (non-hydrogen) atoms. The molecule has 0 bridgehead atoms. The Labute approximate surface area is 116 Å². The topological polar surface area (TPSA) is 38.5 Å². The van der Waals surface area contributed by atoms with Gasteiger partial charge in [0, 0.05) is 18.2 Å². The van der Waals surface area contributed by atoms with Gasteiger partial charge in [0.05, 0.1) is 7.11 Å². The van der Waals surface area contributed by atoms with E-state index in [4.69, 9.17) is 10.5 Å². The quantitative estimate of drug-likeness (QED) is 0.821. The Balaban J connectivity index is 2.05. The molecule has 1 saturated carbocycles. The highest BCUT2D eigenvalue weighted by molar-refractivity contribution is 5.33. The molecule has 0 aliphatic heterocycles. The summed E-state index contributed by atoms with van der Waals surface area (Å²) in [6, 6.07) is 9.07. The van der Waals surface area contributed by atoms with Crippen LogP contribution in [0.5, 0.6) is 5.75 Å². The van der Waals surface area contributed by atoms with Gasteiger partial charge in [-0.25, -0.2) is 0 Å². The number of methoxy groups -OCH3 is 1. The van der Waals surface area contributed by atoms with E-state index in [1.807, 2.05) is 12.1 Å². The van der Waals surface area contributed by atoms with Crippen molar-refractivity contribution >= 4 is 0 Å². The number of nitrogens with zero attached hydrogens (tertiary/aromatic N) is 1. The van der Waals surface area contributed by atoms with E-state index in [0.29, 0.717) is 0 Å². The minimum Gasteiger partial charge on any atom is -0.496 e. The molecule has 0 heterocycles. The highest BCUT2D eigenvalue weighted by Crippen LogP contribution is 2.27. The lowest BCUT2D eigenvalue weighted by Crippen LogP contribution is -2.34. The summed E-state index contributed by atoms with van der Waals surface area (Å²) in [5.41, 5.74) is 6.96. The van der Waals surface area contributed by atoms with Crippen LogP contribution < -0.4 is 10.5 Å². The molecule has 1 aliphatic rings. The molecule has 1 aliphatic carbocycles. The zero-order chi connectivity index (χ0) is 13.5. The van der Waals surface area contributed by atoms with Gasteiger partial charge in [-0.15, -0.1) is 0 Å². The average molecular weight is 262 g/mol. The molecule has 0 aromatic heterocycles. The number of benzene rings is 1. The van der Waals surface area contributed by atoms with Crippen LogP contribution >= 0.6 is 0 Å². The molecule has 2 N–H and O–H groups in total. The number of hydrogen-bond donors (Lipinski definition) is 1. The van der Waals surface area contributed by atoms with Crippen LogP contribution in [0.3, 0.4) is 0 Å². The van der Waals surface area contributed by atoms with E-state index in [1.165, 1.54) is 31.2 Å². The maximum absolute atomic E-state index is 5.67. The van der Waals surface area contributed by atoms with Gasteiger partial charge in [0.1, 0.15) is 5.75 Å². The Morgan fingerprint density at radius 1 is 1.26 bits per heavy atom. The zero-order valence-electron chi connectivity index (χ0n) is 12.0. The van der Waals surface area contributed by atoms with Gasteiger partial charge in [-0.1, -0.05) is 31.0 Å². The smallest absolute Gasteiger partial charge is 0.123 e. The molecule has 1 fully saturated rings. The second-order valence-electron chi connectivity index (χ2n) is 5.36. The van der Waals surface area contributed by atoms with Crippen LogP contribution in [-0.4, -0.2) is 31.1 Å². The van der Waals surface area contributed by atoms with Crippen molar-refractivity contribution in [3.8, 4) is 5.75 Å². The lowest BCUT2D eigenvalue weighted by Gasteiger charge is -2.29. The van der Waals surface area contributed by atoms with Gasteiger partial charge in [-0.2, -0.15) is 0 Å². The van der Waals surface area contributed by atoms with Crippen molar-refractivity contribution in [1.82, 2.24) is 4.90 Å². The maximum atomic E-state index is 5.67. The second-order valence-corrected chi connectivity index (χ2v) is 5.36. The monoisotopic (exact) mass is 262 g/mol. The average Bonchev–Trinajstić information content (AvgIpc) is 2.98. The molecule has 0 radical (unpaired) electrons. The van der Waals surface area contributed by atoms with E-state index in [0.717, 1.165) is 37.8 Å². The van der Waals surface area contributed by atoms with Crippen molar-refractivity contribution in [2.75, 3.05) is 20.2 Å². The predicted molar refractivity (Wildman–Crippen MR) is 79.3 cm³/mol. The molecule has 3 heteroatoms. The normalized spacial score (nSPS) is 16.2. The molecule has 0 amide bonds. The fraction of sp³-hybridized carbons (Fsp3) is 0.625. The van der Waals surface area contributed by atoms with Crippen LogP contribution in [0.25, 0.3) is 0 Å². The summed E-state index contributed by atoms with van der Waals surface area (Å²) in [7, 11) is 1.75. The van der Waals surface area contributed by atoms with Crippen molar-refractivity contribution in [3.05, 3.63) is 29.8 Å². The first-order valence-electron chi connectivity index (χ1n) is 7.41. The number of para-hydroxylation sites is 1. The molecular formula is C16H26N2O. The molecule has 0 atom stereocenters. The first kappa shape index (κ1) is 14.4. The highest BCUT2D eigenvalue weighted by Gasteiger charge is 2.22. The van der Waals surface area contributed by atoms with E-state index in [-0.39, 0.29) is 0 Å².